The number of nitrogens with one attached hydrogen (secondary N) is 2. The molecule has 0 aliphatic carbocycles. The highest BCUT2D eigenvalue weighted by molar-refractivity contribution is 8.54. The molecule has 0 saturated carbocycles. The Bertz CT molecular complexity index is 2130. The summed E-state index contributed by atoms with van der Waals surface area (Å²) in [5.74, 6) is -0.211. The van der Waals surface area contributed by atoms with Crippen LogP contribution in [0.4, 0.5) is 20.5 Å². The molecule has 0 amide bonds. The van der Waals surface area contributed by atoms with E-state index >= 15 is 8.78 Å². The fourth-order valence-corrected chi connectivity index (χ4v) is 10.7. The summed E-state index contributed by atoms with van der Waals surface area (Å²) < 4.78 is 88.4. The number of anilines is 2. The van der Waals surface area contributed by atoms with Crippen LogP contribution in [0.15, 0.2) is 23.8 Å². The summed E-state index contributed by atoms with van der Waals surface area (Å²) >= 11 is 5.82. The second kappa shape index (κ2) is 14.2. The number of alkyl halides is 2. The van der Waals surface area contributed by atoms with Gasteiger partial charge >= 0.3 is 13.5 Å². The van der Waals surface area contributed by atoms with Gasteiger partial charge in [-0.25, -0.2) is 38.0 Å². The van der Waals surface area contributed by atoms with Gasteiger partial charge in [-0.3, -0.25) is 32.5 Å². The van der Waals surface area contributed by atoms with Crippen LogP contribution in [0.5, 0.6) is 0 Å². The van der Waals surface area contributed by atoms with Crippen LogP contribution in [0, 0.1) is 0 Å². The molecule has 7 heterocycles. The molecule has 3 fully saturated rings. The molecule has 3 aliphatic heterocycles. The molecule has 7 rings (SSSR count). The molecule has 0 aromatic carbocycles. The zero-order chi connectivity index (χ0) is 37.2. The summed E-state index contributed by atoms with van der Waals surface area (Å²) in [5.41, 5.74) is 10.6. The van der Waals surface area contributed by atoms with Crippen LogP contribution in [0.3, 0.4) is 0 Å². The molecule has 284 valence electrons. The first-order valence-electron chi connectivity index (χ1n) is 15.9. The van der Waals surface area contributed by atoms with E-state index in [1.165, 1.54) is 17.2 Å². The second-order valence-corrected chi connectivity index (χ2v) is 18.9. The van der Waals surface area contributed by atoms with Crippen molar-refractivity contribution in [2.75, 3.05) is 24.7 Å². The summed E-state index contributed by atoms with van der Waals surface area (Å²) in [5, 5.41) is 0. The molecule has 52 heavy (non-hydrogen) atoms. The monoisotopic (exact) mass is 809 g/mol. The van der Waals surface area contributed by atoms with Gasteiger partial charge in [0.15, 0.2) is 47.4 Å². The van der Waals surface area contributed by atoms with Crippen LogP contribution in [0.25, 0.3) is 22.3 Å². The Balaban J connectivity index is 1.26. The van der Waals surface area contributed by atoms with E-state index in [2.05, 4.69) is 34.6 Å². The Kier molecular flexibility index (Phi) is 10.2. The van der Waals surface area contributed by atoms with Crippen LogP contribution in [-0.4, -0.2) is 99.4 Å². The first-order valence-corrected chi connectivity index (χ1v) is 21.5. The Morgan fingerprint density at radius 3 is 2.40 bits per heavy atom. The van der Waals surface area contributed by atoms with E-state index in [0.717, 1.165) is 10.9 Å². The maximum absolute atomic E-state index is 16.4. The molecule has 7 N–H and O–H groups in total. The SMILES string of the molecule is CCC(C)(CC)NS[P@]1(=O)OC[C@H]2O[C@@H](n3cnc4c(=O)[nH]c(N)nc43)[C@H](F)[C@@H]2OP(O)(=S)OC[C@H]2O[C@@H](n3cnc4c(N)ncnc43)[C@H](O1)[C@@H]2F. The average Bonchev–Trinajstić information content (AvgIpc) is 3.87. The van der Waals surface area contributed by atoms with Crippen LogP contribution >= 0.6 is 25.1 Å². The van der Waals surface area contributed by atoms with Crippen molar-refractivity contribution in [2.24, 2.45) is 0 Å². The van der Waals surface area contributed by atoms with E-state index in [0.29, 0.717) is 24.4 Å². The lowest BCUT2D eigenvalue weighted by molar-refractivity contribution is -0.0579. The first kappa shape index (κ1) is 37.6. The lowest BCUT2D eigenvalue weighted by atomic mass is 9.98. The number of halogens is 2. The molecule has 4 aromatic rings. The molecular weight excluding hydrogens is 774 g/mol. The maximum Gasteiger partial charge on any atom is 0.404 e. The molecule has 1 unspecified atom stereocenters. The topological polar surface area (TPSA) is 264 Å². The number of ether oxygens (including phenoxy) is 2. The fraction of sp³-hybridized carbons (Fsp3) is 0.615. The lowest BCUT2D eigenvalue weighted by Gasteiger charge is -2.31. The predicted molar refractivity (Wildman–Crippen MR) is 185 cm³/mol. The third-order valence-corrected chi connectivity index (χ3v) is 14.0. The summed E-state index contributed by atoms with van der Waals surface area (Å²) in [6, 6.07) is 0. The highest BCUT2D eigenvalue weighted by Gasteiger charge is 2.55. The number of fused-ring (bicyclic) bond motifs is 5. The van der Waals surface area contributed by atoms with E-state index < -0.39 is 87.0 Å². The quantitative estimate of drug-likeness (QED) is 0.133. The number of aromatic nitrogens is 8. The molecule has 20 nitrogen and oxygen atoms in total. The molecular formula is C26H35F2N11O9P2S2. The van der Waals surface area contributed by atoms with E-state index in [4.69, 9.17) is 50.8 Å². The van der Waals surface area contributed by atoms with Gasteiger partial charge in [0.25, 0.3) is 5.56 Å². The van der Waals surface area contributed by atoms with E-state index in [1.807, 2.05) is 20.8 Å². The average molecular weight is 810 g/mol. The van der Waals surface area contributed by atoms with Crippen LogP contribution in [0.2, 0.25) is 0 Å². The minimum atomic E-state index is -4.51. The summed E-state index contributed by atoms with van der Waals surface area (Å²) in [4.78, 5) is 46.3. The van der Waals surface area contributed by atoms with Gasteiger partial charge in [-0.05, 0) is 31.6 Å². The van der Waals surface area contributed by atoms with Gasteiger partial charge in [0.05, 0.1) is 25.9 Å². The molecule has 26 heteroatoms. The van der Waals surface area contributed by atoms with Crippen molar-refractivity contribution in [3.63, 3.8) is 0 Å². The minimum absolute atomic E-state index is 0.0497. The van der Waals surface area contributed by atoms with Gasteiger partial charge in [-0.15, -0.1) is 0 Å². The minimum Gasteiger partial charge on any atom is -0.382 e. The smallest absolute Gasteiger partial charge is 0.382 e. The second-order valence-electron chi connectivity index (χ2n) is 12.5. The van der Waals surface area contributed by atoms with Crippen molar-refractivity contribution in [3.05, 3.63) is 29.3 Å². The Morgan fingerprint density at radius 2 is 1.67 bits per heavy atom. The fourth-order valence-electron chi connectivity index (χ4n) is 5.83. The normalized spacial score (nSPS) is 34.6. The molecule has 0 spiro atoms. The number of hydrogen-bond donors (Lipinski definition) is 5. The molecule has 2 bridgehead atoms. The van der Waals surface area contributed by atoms with Gasteiger partial charge in [-0.1, -0.05) is 13.8 Å². The van der Waals surface area contributed by atoms with Gasteiger partial charge in [0, 0.05) is 17.1 Å². The molecule has 3 aliphatic rings. The highest BCUT2D eigenvalue weighted by Crippen LogP contribution is 2.63. The number of aromatic amines is 1. The van der Waals surface area contributed by atoms with Crippen molar-refractivity contribution < 1.29 is 45.8 Å². The van der Waals surface area contributed by atoms with E-state index in [1.54, 1.807) is 0 Å². The largest absolute Gasteiger partial charge is 0.404 e. The van der Waals surface area contributed by atoms with Crippen molar-refractivity contribution >= 4 is 71.0 Å². The zero-order valence-electron chi connectivity index (χ0n) is 27.6. The third-order valence-electron chi connectivity index (χ3n) is 9.19. The molecule has 0 radical (unpaired) electrons. The van der Waals surface area contributed by atoms with Crippen molar-refractivity contribution in [1.82, 2.24) is 43.8 Å². The zero-order valence-corrected chi connectivity index (χ0v) is 31.1. The van der Waals surface area contributed by atoms with Gasteiger partial charge < -0.3 is 30.4 Å². The summed E-state index contributed by atoms with van der Waals surface area (Å²) in [6.07, 6.45) is -8.58. The lowest BCUT2D eigenvalue weighted by Crippen LogP contribution is -2.37. The van der Waals surface area contributed by atoms with Crippen LogP contribution in [0.1, 0.15) is 46.1 Å². The molecule has 10 atom stereocenters. The Morgan fingerprint density at radius 1 is 1.00 bits per heavy atom. The summed E-state index contributed by atoms with van der Waals surface area (Å²) in [6.45, 7) is -4.52. The number of imidazole rings is 2. The van der Waals surface area contributed by atoms with Crippen LogP contribution in [-0.2, 0) is 43.9 Å². The standard InChI is InChI=1S/C26H35F2N11O9P2S2/c1-4-26(3,5-2)37-52-50(42)44-7-12-17(14(28)23(46-12)39-10-34-16-21(39)35-25(30)36-22(16)40)47-49(41,51)43-6-11-13(27)18(48-50)24(45-11)38-9-33-15-19(29)31-8-32-20(15)38/h8-14,17-18,23-24,37H,4-7H2,1-3H3,(H,41,51)(H2,29,31,32)(H3,30,35,36,40)/t11-,12-,13-,14-,17-,18-,23-,24-,49?,50-/m1/s1. The maximum atomic E-state index is 16.4. The number of rotatable bonds is 7. The van der Waals surface area contributed by atoms with Crippen molar-refractivity contribution in [3.8, 4) is 0 Å². The van der Waals surface area contributed by atoms with Crippen molar-refractivity contribution in [1.29, 1.82) is 0 Å². The van der Waals surface area contributed by atoms with E-state index in [9.17, 15) is 14.3 Å². The Hall–Kier alpha value is -2.73. The van der Waals surface area contributed by atoms with Gasteiger partial charge in [0.2, 0.25) is 5.95 Å². The van der Waals surface area contributed by atoms with Crippen LogP contribution < -0.4 is 21.7 Å². The molecule has 4 aromatic heterocycles. The number of nitrogen functional groups attached to an aromatic ring is 2. The predicted octanol–water partition coefficient (Wildman–Crippen LogP) is 2.55. The highest BCUT2D eigenvalue weighted by atomic mass is 32.7. The number of H-pyrrole nitrogens is 1. The third kappa shape index (κ3) is 7.00. The number of nitrogens with zero attached hydrogens (tertiary/aromatic N) is 7. The van der Waals surface area contributed by atoms with E-state index in [-0.39, 0.29) is 34.1 Å². The number of nitrogens with two attached hydrogens (primary N) is 2. The molecule has 3 saturated heterocycles. The van der Waals surface area contributed by atoms with Gasteiger partial charge in [-0.2, -0.15) is 4.98 Å². The number of hydrogen-bond acceptors (Lipinski definition) is 18. The Labute approximate surface area is 302 Å². The van der Waals surface area contributed by atoms with Gasteiger partial charge in [0.1, 0.15) is 36.3 Å². The summed E-state index contributed by atoms with van der Waals surface area (Å²) in [7, 11) is 0. The first-order chi connectivity index (χ1) is 24.6. The van der Waals surface area contributed by atoms with Crippen molar-refractivity contribution in [2.45, 2.75) is 88.4 Å².